The van der Waals surface area contributed by atoms with Crippen molar-refractivity contribution in [3.8, 4) is 16.3 Å². The van der Waals surface area contributed by atoms with Gasteiger partial charge in [0, 0.05) is 28.7 Å². The Labute approximate surface area is 300 Å². The highest BCUT2D eigenvalue weighted by Gasteiger charge is 2.31. The van der Waals surface area contributed by atoms with Gasteiger partial charge in [-0.25, -0.2) is 18.2 Å². The standard InChI is InChI=1S/C38H36N4O7S2/c1-2-25(18-19-39-38(45)49-24-26-8-4-3-5-9-26)23-48-29-15-12-27(13-16-29)37-41-22-30(50-37)21-40-35(43)28-14-17-34-32(20-28)42-36(44)31-10-6-7-11-33(31)51(34,46)47/h3-17,20,22,25H,2,18-19,21,23-24H2,1H3,(H,39,45)(H,40,43)(H,42,44)/t25-/m0/s1. The van der Waals surface area contributed by atoms with Crippen LogP contribution in [0.3, 0.4) is 0 Å². The summed E-state index contributed by atoms with van der Waals surface area (Å²) in [7, 11) is -3.96. The molecule has 3 N–H and O–H groups in total. The van der Waals surface area contributed by atoms with Crippen molar-refractivity contribution in [1.29, 1.82) is 0 Å². The van der Waals surface area contributed by atoms with Crippen LogP contribution in [0, 0.1) is 5.92 Å². The summed E-state index contributed by atoms with van der Waals surface area (Å²) in [6, 6.07) is 27.3. The van der Waals surface area contributed by atoms with Crippen molar-refractivity contribution >= 4 is 44.8 Å². The highest BCUT2D eigenvalue weighted by Crippen LogP contribution is 2.34. The first kappa shape index (κ1) is 35.3. The molecule has 1 atom stereocenters. The van der Waals surface area contributed by atoms with Crippen LogP contribution < -0.4 is 20.7 Å². The van der Waals surface area contributed by atoms with Crippen LogP contribution in [0.2, 0.25) is 0 Å². The molecule has 0 spiro atoms. The van der Waals surface area contributed by atoms with Gasteiger partial charge in [0.1, 0.15) is 17.4 Å². The molecule has 0 aliphatic carbocycles. The van der Waals surface area contributed by atoms with Crippen molar-refractivity contribution in [1.82, 2.24) is 15.6 Å². The number of amides is 3. The van der Waals surface area contributed by atoms with E-state index in [4.69, 9.17) is 9.47 Å². The second kappa shape index (κ2) is 16.0. The van der Waals surface area contributed by atoms with E-state index >= 15 is 0 Å². The van der Waals surface area contributed by atoms with Gasteiger partial charge in [-0.2, -0.15) is 0 Å². The van der Waals surface area contributed by atoms with Crippen LogP contribution in [0.25, 0.3) is 10.6 Å². The van der Waals surface area contributed by atoms with E-state index in [1.807, 2.05) is 54.6 Å². The molecule has 13 heteroatoms. The minimum Gasteiger partial charge on any atom is -0.493 e. The molecule has 2 heterocycles. The molecule has 262 valence electrons. The number of hydrogen-bond acceptors (Lipinski definition) is 9. The second-order valence-corrected chi connectivity index (χ2v) is 14.9. The molecule has 0 unspecified atom stereocenters. The maximum Gasteiger partial charge on any atom is 0.407 e. The summed E-state index contributed by atoms with van der Waals surface area (Å²) in [5.74, 6) is -0.00154. The molecule has 0 saturated carbocycles. The third-order valence-corrected chi connectivity index (χ3v) is 11.3. The van der Waals surface area contributed by atoms with Crippen molar-refractivity contribution in [2.24, 2.45) is 5.92 Å². The predicted molar refractivity (Wildman–Crippen MR) is 194 cm³/mol. The Morgan fingerprint density at radius 3 is 2.47 bits per heavy atom. The molecule has 0 bridgehead atoms. The SMILES string of the molecule is CC[C@@H](CCNC(=O)OCc1ccccc1)COc1ccc(-c2ncc(CNC(=O)c3ccc4c(c3)NC(=O)c3ccccc3S4(=O)=O)s2)cc1. The van der Waals surface area contributed by atoms with E-state index < -0.39 is 27.7 Å². The number of alkyl carbamates (subject to hydrolysis) is 1. The predicted octanol–water partition coefficient (Wildman–Crippen LogP) is 6.86. The Morgan fingerprint density at radius 2 is 1.69 bits per heavy atom. The lowest BCUT2D eigenvalue weighted by molar-refractivity contribution is 0.0949. The van der Waals surface area contributed by atoms with Gasteiger partial charge in [-0.15, -0.1) is 11.3 Å². The van der Waals surface area contributed by atoms with Crippen LogP contribution in [0.4, 0.5) is 10.5 Å². The number of carbonyl (C=O) groups is 3. The van der Waals surface area contributed by atoms with Gasteiger partial charge in [0.2, 0.25) is 9.84 Å². The number of anilines is 1. The van der Waals surface area contributed by atoms with Crippen LogP contribution in [0.5, 0.6) is 5.75 Å². The summed E-state index contributed by atoms with van der Waals surface area (Å²) in [6.07, 6.45) is 2.91. The Bertz CT molecular complexity index is 2140. The number of hydrogen-bond donors (Lipinski definition) is 3. The van der Waals surface area contributed by atoms with Crippen molar-refractivity contribution in [3.63, 3.8) is 0 Å². The molecule has 11 nitrogen and oxygen atoms in total. The van der Waals surface area contributed by atoms with Gasteiger partial charge >= 0.3 is 6.09 Å². The molecular formula is C38H36N4O7S2. The number of fused-ring (bicyclic) bond motifs is 2. The van der Waals surface area contributed by atoms with Crippen molar-refractivity contribution in [3.05, 3.63) is 125 Å². The number of sulfone groups is 1. The van der Waals surface area contributed by atoms with E-state index in [1.165, 1.54) is 41.7 Å². The Balaban J connectivity index is 0.970. The molecule has 5 aromatic rings. The highest BCUT2D eigenvalue weighted by atomic mass is 32.2. The molecular weight excluding hydrogens is 689 g/mol. The van der Waals surface area contributed by atoms with E-state index in [2.05, 4.69) is 27.9 Å². The third kappa shape index (κ3) is 8.62. The quantitative estimate of drug-likeness (QED) is 0.119. The first-order chi connectivity index (χ1) is 24.7. The van der Waals surface area contributed by atoms with Crippen molar-refractivity contribution in [2.45, 2.75) is 42.7 Å². The Kier molecular flexibility index (Phi) is 11.1. The van der Waals surface area contributed by atoms with E-state index in [0.717, 1.165) is 39.6 Å². The van der Waals surface area contributed by atoms with Crippen LogP contribution in [-0.4, -0.2) is 44.5 Å². The topological polar surface area (TPSA) is 153 Å². The fourth-order valence-corrected chi connectivity index (χ4v) is 7.91. The summed E-state index contributed by atoms with van der Waals surface area (Å²) < 4.78 is 37.8. The number of ether oxygens (including phenoxy) is 2. The van der Waals surface area contributed by atoms with E-state index in [9.17, 15) is 22.8 Å². The monoisotopic (exact) mass is 724 g/mol. The van der Waals surface area contributed by atoms with E-state index in [-0.39, 0.29) is 45.7 Å². The lowest BCUT2D eigenvalue weighted by Gasteiger charge is -2.16. The minimum atomic E-state index is -3.96. The zero-order valence-electron chi connectivity index (χ0n) is 27.8. The number of benzene rings is 4. The fourth-order valence-electron chi connectivity index (χ4n) is 5.46. The summed E-state index contributed by atoms with van der Waals surface area (Å²) in [4.78, 5) is 43.0. The van der Waals surface area contributed by atoms with Crippen LogP contribution >= 0.6 is 11.3 Å². The van der Waals surface area contributed by atoms with E-state index in [1.54, 1.807) is 18.3 Å². The highest BCUT2D eigenvalue weighted by molar-refractivity contribution is 7.91. The number of thiazole rings is 1. The molecule has 4 aromatic carbocycles. The lowest BCUT2D eigenvalue weighted by Crippen LogP contribution is -2.27. The summed E-state index contributed by atoms with van der Waals surface area (Å²) in [5, 5.41) is 9.06. The van der Waals surface area contributed by atoms with Gasteiger partial charge in [-0.3, -0.25) is 9.59 Å². The zero-order valence-corrected chi connectivity index (χ0v) is 29.4. The zero-order chi connectivity index (χ0) is 35.8. The minimum absolute atomic E-state index is 0.0494. The van der Waals surface area contributed by atoms with Gasteiger partial charge in [0.15, 0.2) is 0 Å². The number of aromatic nitrogens is 1. The summed E-state index contributed by atoms with van der Waals surface area (Å²) in [5.41, 5.74) is 2.14. The molecule has 3 amide bonds. The maximum atomic E-state index is 13.2. The largest absolute Gasteiger partial charge is 0.493 e. The molecule has 0 saturated heterocycles. The van der Waals surface area contributed by atoms with Gasteiger partial charge in [0.25, 0.3) is 11.8 Å². The number of rotatable bonds is 13. The number of nitrogens with one attached hydrogen (secondary N) is 3. The number of carbonyl (C=O) groups excluding carboxylic acids is 3. The smallest absolute Gasteiger partial charge is 0.407 e. The summed E-state index contributed by atoms with van der Waals surface area (Å²) >= 11 is 1.44. The molecule has 0 radical (unpaired) electrons. The molecule has 1 aromatic heterocycles. The van der Waals surface area contributed by atoms with Gasteiger partial charge in [-0.05, 0) is 78.9 Å². The van der Waals surface area contributed by atoms with E-state index in [0.29, 0.717) is 13.2 Å². The van der Waals surface area contributed by atoms with Crippen LogP contribution in [-0.2, 0) is 27.7 Å². The first-order valence-electron chi connectivity index (χ1n) is 16.4. The Hall–Kier alpha value is -5.53. The maximum absolute atomic E-state index is 13.2. The van der Waals surface area contributed by atoms with Crippen molar-refractivity contribution in [2.75, 3.05) is 18.5 Å². The van der Waals surface area contributed by atoms with Gasteiger partial charge in [0.05, 0.1) is 34.2 Å². The van der Waals surface area contributed by atoms with Crippen molar-refractivity contribution < 1.29 is 32.3 Å². The van der Waals surface area contributed by atoms with Crippen LogP contribution in [0.1, 0.15) is 50.9 Å². The molecule has 51 heavy (non-hydrogen) atoms. The van der Waals surface area contributed by atoms with Crippen LogP contribution in [0.15, 0.2) is 113 Å². The van der Waals surface area contributed by atoms with Gasteiger partial charge < -0.3 is 25.4 Å². The lowest BCUT2D eigenvalue weighted by atomic mass is 10.0. The molecule has 6 rings (SSSR count). The summed E-state index contributed by atoms with van der Waals surface area (Å²) in [6.45, 7) is 3.54. The Morgan fingerprint density at radius 1 is 0.922 bits per heavy atom. The average Bonchev–Trinajstić information content (AvgIpc) is 3.61. The first-order valence-corrected chi connectivity index (χ1v) is 18.7. The average molecular weight is 725 g/mol. The van der Waals surface area contributed by atoms with Gasteiger partial charge in [-0.1, -0.05) is 49.4 Å². The normalized spacial score (nSPS) is 13.5. The molecule has 0 fully saturated rings. The third-order valence-electron chi connectivity index (χ3n) is 8.38. The number of nitrogens with zero attached hydrogens (tertiary/aromatic N) is 1. The fraction of sp³-hybridized carbons (Fsp3) is 0.211. The molecule has 1 aliphatic heterocycles. The second-order valence-electron chi connectivity index (χ2n) is 11.9. The molecule has 1 aliphatic rings.